The monoisotopic (exact) mass is 954 g/mol. The highest BCUT2D eigenvalue weighted by Gasteiger charge is 2.78. The Labute approximate surface area is 335 Å². The first-order valence-corrected chi connectivity index (χ1v) is 20.6. The molecule has 1 fully saturated rings. The molecule has 0 aliphatic heterocycles. The summed E-state index contributed by atoms with van der Waals surface area (Å²) >= 11 is 0. The zero-order valence-corrected chi connectivity index (χ0v) is 34.6. The van der Waals surface area contributed by atoms with Gasteiger partial charge >= 0.3 is 37.1 Å². The largest absolute Gasteiger partial charge is 0.428 e. The van der Waals surface area contributed by atoms with E-state index in [1.165, 1.54) is 13.8 Å². The van der Waals surface area contributed by atoms with E-state index in [1.807, 2.05) is 0 Å². The number of hydrogen-bond donors (Lipinski definition) is 0. The molecule has 0 aromatic heterocycles. The lowest BCUT2D eigenvalue weighted by atomic mass is 9.64. The van der Waals surface area contributed by atoms with Gasteiger partial charge in [-0.1, -0.05) is 38.1 Å². The molecule has 0 N–H and O–H groups in total. The fraction of sp³-hybridized carbons (Fsp3) is 0.824. The quantitative estimate of drug-likeness (QED) is 0.153. The van der Waals surface area contributed by atoms with Gasteiger partial charge in [-0.2, -0.15) is 95.9 Å². The minimum absolute atomic E-state index is 0.0367. The molecule has 1 aliphatic rings. The Morgan fingerprint density at radius 3 is 1.10 bits per heavy atom. The summed E-state index contributed by atoms with van der Waals surface area (Å²) in [5.41, 5.74) is -16.1. The molecule has 0 bridgehead atoms. The smallest absolute Gasteiger partial charge is 0.249 e. The summed E-state index contributed by atoms with van der Waals surface area (Å²) in [5.74, 6) is -5.16. The second-order valence-corrected chi connectivity index (χ2v) is 19.2. The second-order valence-electron chi connectivity index (χ2n) is 15.3. The molecule has 2 rings (SSSR count). The minimum atomic E-state index is -6.39. The zero-order chi connectivity index (χ0) is 47.9. The number of alkyl halides is 18. The first kappa shape index (κ1) is 55.8. The van der Waals surface area contributed by atoms with Gasteiger partial charge in [0, 0.05) is 5.92 Å². The van der Waals surface area contributed by atoms with Gasteiger partial charge in [-0.15, -0.1) is 0 Å². The van der Waals surface area contributed by atoms with Crippen molar-refractivity contribution < 1.29 is 104 Å². The van der Waals surface area contributed by atoms with E-state index >= 15 is 0 Å². The standard InChI is InChI=1S/C17H22F12O3S.C17H22F6O3S/c1-4-9(2)33(30,31)32-13(16(24,25)26,17(27,28)29)11-7-5-10(6-8-11)12(3,14(18,19)20)15(21,22)23;1-6-11(2)27(24,25)26-15(5,17(21,22)23)13-9-7-12(8-10-13)14(3,4)16(18,19)20/h9-11H,4-8H2,1-3H3;7-11H,6H2,1-5H3. The molecule has 1 aromatic carbocycles. The van der Waals surface area contributed by atoms with Crippen molar-refractivity contribution in [3.05, 3.63) is 35.4 Å². The van der Waals surface area contributed by atoms with Crippen LogP contribution in [0.3, 0.4) is 0 Å². The molecule has 3 unspecified atom stereocenters. The average molecular weight is 955 g/mol. The molecule has 1 aliphatic carbocycles. The van der Waals surface area contributed by atoms with Crippen LogP contribution in [0.2, 0.25) is 0 Å². The van der Waals surface area contributed by atoms with Crippen LogP contribution in [-0.4, -0.2) is 70.0 Å². The van der Waals surface area contributed by atoms with Gasteiger partial charge in [0.05, 0.1) is 15.9 Å². The number of halogens is 18. The van der Waals surface area contributed by atoms with Crippen molar-refractivity contribution in [2.45, 2.75) is 158 Å². The van der Waals surface area contributed by atoms with Gasteiger partial charge < -0.3 is 0 Å². The molecule has 3 atom stereocenters. The lowest BCUT2D eigenvalue weighted by Crippen LogP contribution is -2.65. The molecular formula is C34H44F18O6S2. The van der Waals surface area contributed by atoms with Crippen LogP contribution in [0, 0.1) is 17.3 Å². The maximum absolute atomic E-state index is 13.8. The fourth-order valence-corrected chi connectivity index (χ4v) is 8.59. The molecule has 60 heavy (non-hydrogen) atoms. The van der Waals surface area contributed by atoms with Gasteiger partial charge in [-0.05, 0) is 97.1 Å². The number of hydrogen-bond acceptors (Lipinski definition) is 6. The third kappa shape index (κ3) is 10.9. The molecule has 6 nitrogen and oxygen atoms in total. The van der Waals surface area contributed by atoms with Crippen molar-refractivity contribution in [1.29, 1.82) is 0 Å². The van der Waals surface area contributed by atoms with E-state index in [-0.39, 0.29) is 18.9 Å². The van der Waals surface area contributed by atoms with Crippen LogP contribution in [0.5, 0.6) is 0 Å². The van der Waals surface area contributed by atoms with E-state index in [4.69, 9.17) is 0 Å². The van der Waals surface area contributed by atoms with Crippen LogP contribution in [0.1, 0.15) is 105 Å². The predicted octanol–water partition coefficient (Wildman–Crippen LogP) is 12.4. The Morgan fingerprint density at radius 1 is 0.500 bits per heavy atom. The highest BCUT2D eigenvalue weighted by atomic mass is 32.2. The zero-order valence-electron chi connectivity index (χ0n) is 32.9. The SMILES string of the molecule is CCC(C)S(=O)(=O)OC(C)(c1ccc(C(C)(C)C(F)(F)F)cc1)C(F)(F)F.CCC(C)S(=O)(=O)OC(C1CCC(C(C)(C(F)(F)F)C(F)(F)F)CC1)(C(F)(F)F)C(F)(F)F. The lowest BCUT2D eigenvalue weighted by molar-refractivity contribution is -0.381. The van der Waals surface area contributed by atoms with E-state index in [2.05, 4.69) is 8.37 Å². The molecule has 26 heteroatoms. The average Bonchev–Trinajstić information content (AvgIpc) is 3.06. The van der Waals surface area contributed by atoms with Crippen LogP contribution < -0.4 is 0 Å². The summed E-state index contributed by atoms with van der Waals surface area (Å²) in [4.78, 5) is 0. The third-order valence-electron chi connectivity index (χ3n) is 11.2. The van der Waals surface area contributed by atoms with Gasteiger partial charge in [0.25, 0.3) is 25.8 Å². The van der Waals surface area contributed by atoms with Crippen LogP contribution >= 0.6 is 0 Å². The Hall–Kier alpha value is -2.22. The molecule has 1 aromatic rings. The summed E-state index contributed by atoms with van der Waals surface area (Å²) in [7, 11) is -10.0. The van der Waals surface area contributed by atoms with E-state index in [9.17, 15) is 95.9 Å². The van der Waals surface area contributed by atoms with Gasteiger partial charge in [-0.3, -0.25) is 0 Å². The maximum atomic E-state index is 13.8. The van der Waals surface area contributed by atoms with E-state index in [0.29, 0.717) is 6.92 Å². The number of benzene rings is 1. The summed E-state index contributed by atoms with van der Waals surface area (Å²) in [6, 6.07) is 3.41. The molecule has 0 saturated heterocycles. The van der Waals surface area contributed by atoms with Crippen LogP contribution in [0.15, 0.2) is 24.3 Å². The Bertz CT molecular complexity index is 1760. The van der Waals surface area contributed by atoms with Crippen molar-refractivity contribution in [1.82, 2.24) is 0 Å². The molecule has 0 spiro atoms. The van der Waals surface area contributed by atoms with Crippen molar-refractivity contribution >= 4 is 20.2 Å². The van der Waals surface area contributed by atoms with E-state index < -0.39 is 139 Å². The Morgan fingerprint density at radius 2 is 0.817 bits per heavy atom. The van der Waals surface area contributed by atoms with Crippen LogP contribution in [-0.2, 0) is 39.6 Å². The molecule has 0 radical (unpaired) electrons. The Kier molecular flexibility index (Phi) is 16.5. The molecule has 0 heterocycles. The predicted molar refractivity (Wildman–Crippen MR) is 179 cm³/mol. The van der Waals surface area contributed by atoms with Crippen molar-refractivity contribution in [2.24, 2.45) is 17.3 Å². The van der Waals surface area contributed by atoms with E-state index in [0.717, 1.165) is 52.0 Å². The van der Waals surface area contributed by atoms with Gasteiger partial charge in [0.2, 0.25) is 5.60 Å². The van der Waals surface area contributed by atoms with Gasteiger partial charge in [0.1, 0.15) is 0 Å². The highest BCUT2D eigenvalue weighted by Crippen LogP contribution is 2.62. The van der Waals surface area contributed by atoms with Gasteiger partial charge in [-0.25, -0.2) is 8.37 Å². The van der Waals surface area contributed by atoms with Gasteiger partial charge in [0.15, 0.2) is 5.41 Å². The Balaban J connectivity index is 0.000000612. The summed E-state index contributed by atoms with van der Waals surface area (Å²) in [6.45, 7) is 6.76. The van der Waals surface area contributed by atoms with Crippen LogP contribution in [0.4, 0.5) is 79.0 Å². The first-order valence-electron chi connectivity index (χ1n) is 17.7. The molecular weight excluding hydrogens is 910 g/mol. The number of rotatable bonds is 12. The summed E-state index contributed by atoms with van der Waals surface area (Å²) in [5, 5.41) is -2.97. The topological polar surface area (TPSA) is 86.7 Å². The molecule has 0 amide bonds. The van der Waals surface area contributed by atoms with E-state index in [1.54, 1.807) is 0 Å². The molecule has 1 saturated carbocycles. The van der Waals surface area contributed by atoms with Crippen LogP contribution in [0.25, 0.3) is 0 Å². The first-order chi connectivity index (χ1) is 26.3. The lowest BCUT2D eigenvalue weighted by Gasteiger charge is -2.48. The fourth-order valence-electron chi connectivity index (χ4n) is 6.10. The summed E-state index contributed by atoms with van der Waals surface area (Å²) < 4.78 is 299. The third-order valence-corrected chi connectivity index (χ3v) is 14.9. The van der Waals surface area contributed by atoms with Crippen molar-refractivity contribution in [3.8, 4) is 0 Å². The van der Waals surface area contributed by atoms with Crippen molar-refractivity contribution in [2.75, 3.05) is 0 Å². The second kappa shape index (κ2) is 17.7. The normalized spacial score (nSPS) is 20.8. The maximum Gasteiger partial charge on any atom is 0.428 e. The van der Waals surface area contributed by atoms with Crippen molar-refractivity contribution in [3.63, 3.8) is 0 Å². The molecule has 354 valence electrons. The summed E-state index contributed by atoms with van der Waals surface area (Å²) in [6.07, 6.45) is -40.2. The highest BCUT2D eigenvalue weighted by molar-refractivity contribution is 7.87. The minimum Gasteiger partial charge on any atom is -0.249 e.